The van der Waals surface area contributed by atoms with Gasteiger partial charge in [-0.3, -0.25) is 0 Å². The van der Waals surface area contributed by atoms with Crippen molar-refractivity contribution in [3.05, 3.63) is 242 Å². The van der Waals surface area contributed by atoms with Crippen LogP contribution in [0.1, 0.15) is 25.0 Å². The Morgan fingerprint density at radius 1 is 0.295 bits per heavy atom. The molecule has 0 saturated heterocycles. The SMILES string of the molecule is CC1(C)c2ccccc2-c2ccc(-c3cccc(-c4cc(N(c5ccccc5)c5ccc6ccccc6c5)cc(N(c5ccccc5)c5cccc6ccccc56)c4)c3)cc21. The van der Waals surface area contributed by atoms with Crippen LogP contribution in [-0.2, 0) is 5.41 Å². The third kappa shape index (κ3) is 6.45. The maximum Gasteiger partial charge on any atom is 0.0540 e. The lowest BCUT2D eigenvalue weighted by Crippen LogP contribution is -2.14. The average Bonchev–Trinajstić information content (AvgIpc) is 3.55. The first-order valence-corrected chi connectivity index (χ1v) is 21.2. The van der Waals surface area contributed by atoms with Crippen LogP contribution >= 0.6 is 0 Å². The highest BCUT2D eigenvalue weighted by molar-refractivity contribution is 6.00. The topological polar surface area (TPSA) is 6.48 Å². The molecule has 0 atom stereocenters. The molecule has 0 heterocycles. The fourth-order valence-corrected chi connectivity index (χ4v) is 9.53. The summed E-state index contributed by atoms with van der Waals surface area (Å²) in [5.74, 6) is 0. The summed E-state index contributed by atoms with van der Waals surface area (Å²) >= 11 is 0. The molecule has 0 N–H and O–H groups in total. The van der Waals surface area contributed by atoms with E-state index in [1.54, 1.807) is 0 Å². The second-order valence-corrected chi connectivity index (χ2v) is 16.6. The number of fused-ring (bicyclic) bond motifs is 5. The first-order valence-electron chi connectivity index (χ1n) is 21.2. The first-order chi connectivity index (χ1) is 30.0. The summed E-state index contributed by atoms with van der Waals surface area (Å²) in [6.07, 6.45) is 0. The van der Waals surface area contributed by atoms with Gasteiger partial charge in [-0.25, -0.2) is 0 Å². The highest BCUT2D eigenvalue weighted by Crippen LogP contribution is 2.50. The van der Waals surface area contributed by atoms with Crippen molar-refractivity contribution in [2.45, 2.75) is 19.3 Å². The van der Waals surface area contributed by atoms with Crippen LogP contribution in [0.5, 0.6) is 0 Å². The number of benzene rings is 10. The summed E-state index contributed by atoms with van der Waals surface area (Å²) in [4.78, 5) is 4.82. The minimum atomic E-state index is -0.0745. The van der Waals surface area contributed by atoms with E-state index in [2.05, 4.69) is 254 Å². The monoisotopic (exact) mass is 780 g/mol. The normalized spacial score (nSPS) is 12.6. The third-order valence-corrected chi connectivity index (χ3v) is 12.6. The highest BCUT2D eigenvalue weighted by Gasteiger charge is 2.35. The minimum Gasteiger partial charge on any atom is -0.310 e. The van der Waals surface area contributed by atoms with Crippen molar-refractivity contribution in [2.75, 3.05) is 9.80 Å². The van der Waals surface area contributed by atoms with E-state index in [0.29, 0.717) is 0 Å². The van der Waals surface area contributed by atoms with Gasteiger partial charge < -0.3 is 9.80 Å². The van der Waals surface area contributed by atoms with Gasteiger partial charge in [0.1, 0.15) is 0 Å². The zero-order chi connectivity index (χ0) is 40.9. The first kappa shape index (κ1) is 36.4. The quantitative estimate of drug-likeness (QED) is 0.152. The average molecular weight is 781 g/mol. The van der Waals surface area contributed by atoms with Gasteiger partial charge in [0.25, 0.3) is 0 Å². The van der Waals surface area contributed by atoms with E-state index in [4.69, 9.17) is 0 Å². The van der Waals surface area contributed by atoms with Crippen molar-refractivity contribution in [2.24, 2.45) is 0 Å². The Hall–Kier alpha value is -7.68. The Balaban J connectivity index is 1.13. The Kier molecular flexibility index (Phi) is 8.86. The number of para-hydroxylation sites is 2. The molecule has 290 valence electrons. The van der Waals surface area contributed by atoms with Crippen molar-refractivity contribution in [3.8, 4) is 33.4 Å². The van der Waals surface area contributed by atoms with Gasteiger partial charge in [-0.1, -0.05) is 172 Å². The molecule has 61 heavy (non-hydrogen) atoms. The second kappa shape index (κ2) is 14.9. The Labute approximate surface area is 358 Å². The zero-order valence-corrected chi connectivity index (χ0v) is 34.3. The molecule has 0 bridgehead atoms. The number of anilines is 6. The summed E-state index contributed by atoms with van der Waals surface area (Å²) in [7, 11) is 0. The Bertz CT molecular complexity index is 3230. The molecule has 10 aromatic rings. The molecule has 0 spiro atoms. The summed E-state index contributed by atoms with van der Waals surface area (Å²) < 4.78 is 0. The molecule has 0 aromatic heterocycles. The molecule has 0 saturated carbocycles. The van der Waals surface area contributed by atoms with Gasteiger partial charge in [0.15, 0.2) is 0 Å². The summed E-state index contributed by atoms with van der Waals surface area (Å²) in [5.41, 5.74) is 16.6. The van der Waals surface area contributed by atoms with E-state index in [0.717, 1.165) is 45.3 Å². The van der Waals surface area contributed by atoms with Crippen molar-refractivity contribution >= 4 is 55.7 Å². The lowest BCUT2D eigenvalue weighted by Gasteiger charge is -2.31. The van der Waals surface area contributed by atoms with Gasteiger partial charge in [-0.2, -0.15) is 0 Å². The van der Waals surface area contributed by atoms with Crippen LogP contribution < -0.4 is 9.80 Å². The standard InChI is InChI=1S/C59H44N2/c1-59(2)56-29-14-13-28-54(56)55-34-32-46(39-57(55)59)43-21-15-22-44(35-43)47-37-51(60(48-23-5-3-6-24-48)50-33-31-41-17-9-10-19-45(41)36-50)40-52(38-47)61(49-25-7-4-8-26-49)58-30-16-20-42-18-11-12-27-53(42)58/h3-40H,1-2H3. The van der Waals surface area contributed by atoms with Crippen LogP contribution in [0.2, 0.25) is 0 Å². The predicted molar refractivity (Wildman–Crippen MR) is 259 cm³/mol. The van der Waals surface area contributed by atoms with E-state index in [1.165, 1.54) is 54.9 Å². The Morgan fingerprint density at radius 3 is 1.66 bits per heavy atom. The maximum absolute atomic E-state index is 2.42. The van der Waals surface area contributed by atoms with Crippen molar-refractivity contribution in [3.63, 3.8) is 0 Å². The van der Waals surface area contributed by atoms with E-state index in [9.17, 15) is 0 Å². The van der Waals surface area contributed by atoms with E-state index < -0.39 is 0 Å². The molecule has 2 heteroatoms. The molecular weight excluding hydrogens is 737 g/mol. The third-order valence-electron chi connectivity index (χ3n) is 12.6. The minimum absolute atomic E-state index is 0.0745. The van der Waals surface area contributed by atoms with Gasteiger partial charge in [-0.05, 0) is 133 Å². The van der Waals surface area contributed by atoms with E-state index in [1.807, 2.05) is 0 Å². The Morgan fingerprint density at radius 2 is 0.869 bits per heavy atom. The fraction of sp³-hybridized carbons (Fsp3) is 0.0508. The lowest BCUT2D eigenvalue weighted by molar-refractivity contribution is 0.660. The van der Waals surface area contributed by atoms with Gasteiger partial charge in [0.05, 0.1) is 5.69 Å². The molecule has 10 aromatic carbocycles. The van der Waals surface area contributed by atoms with Gasteiger partial charge in [0, 0.05) is 39.2 Å². The smallest absolute Gasteiger partial charge is 0.0540 e. The molecule has 11 rings (SSSR count). The van der Waals surface area contributed by atoms with Gasteiger partial charge in [-0.15, -0.1) is 0 Å². The molecule has 0 aliphatic heterocycles. The van der Waals surface area contributed by atoms with Gasteiger partial charge >= 0.3 is 0 Å². The van der Waals surface area contributed by atoms with Crippen molar-refractivity contribution in [1.29, 1.82) is 0 Å². The number of rotatable bonds is 8. The van der Waals surface area contributed by atoms with Crippen LogP contribution in [0.4, 0.5) is 34.1 Å². The summed E-state index contributed by atoms with van der Waals surface area (Å²) in [6, 6.07) is 84.3. The molecule has 0 amide bonds. The molecule has 2 nitrogen and oxygen atoms in total. The zero-order valence-electron chi connectivity index (χ0n) is 34.3. The molecule has 0 radical (unpaired) electrons. The molecule has 1 aliphatic rings. The van der Waals surface area contributed by atoms with Crippen LogP contribution in [0, 0.1) is 0 Å². The highest BCUT2D eigenvalue weighted by atomic mass is 15.2. The summed E-state index contributed by atoms with van der Waals surface area (Å²) in [5, 5.41) is 4.81. The largest absolute Gasteiger partial charge is 0.310 e. The van der Waals surface area contributed by atoms with Crippen LogP contribution in [-0.4, -0.2) is 0 Å². The van der Waals surface area contributed by atoms with E-state index >= 15 is 0 Å². The van der Waals surface area contributed by atoms with Crippen LogP contribution in [0.3, 0.4) is 0 Å². The second-order valence-electron chi connectivity index (χ2n) is 16.6. The number of nitrogens with zero attached hydrogens (tertiary/aromatic N) is 2. The number of hydrogen-bond donors (Lipinski definition) is 0. The maximum atomic E-state index is 2.42. The fourth-order valence-electron chi connectivity index (χ4n) is 9.53. The predicted octanol–water partition coefficient (Wildman–Crippen LogP) is 16.6. The molecule has 1 aliphatic carbocycles. The van der Waals surface area contributed by atoms with Crippen molar-refractivity contribution < 1.29 is 0 Å². The van der Waals surface area contributed by atoms with Crippen LogP contribution in [0.15, 0.2) is 231 Å². The van der Waals surface area contributed by atoms with Crippen molar-refractivity contribution in [1.82, 2.24) is 0 Å². The van der Waals surface area contributed by atoms with Gasteiger partial charge in [0.2, 0.25) is 0 Å². The van der Waals surface area contributed by atoms with E-state index in [-0.39, 0.29) is 5.41 Å². The molecule has 0 unspecified atom stereocenters. The molecule has 0 fully saturated rings. The molecular formula is C59H44N2. The lowest BCUT2D eigenvalue weighted by atomic mass is 9.81. The number of hydrogen-bond acceptors (Lipinski definition) is 2. The summed E-state index contributed by atoms with van der Waals surface area (Å²) in [6.45, 7) is 4.71. The van der Waals surface area contributed by atoms with Crippen LogP contribution in [0.25, 0.3) is 54.9 Å².